The van der Waals surface area contributed by atoms with Crippen LogP contribution in [0.5, 0.6) is 0 Å². The van der Waals surface area contributed by atoms with E-state index in [2.05, 4.69) is 20.3 Å². The van der Waals surface area contributed by atoms with Crippen molar-refractivity contribution in [2.75, 3.05) is 5.32 Å². The van der Waals surface area contributed by atoms with Gasteiger partial charge in [-0.1, -0.05) is 0 Å². The summed E-state index contributed by atoms with van der Waals surface area (Å²) in [4.78, 5) is 22.6. The Kier molecular flexibility index (Phi) is 3.22. The van der Waals surface area contributed by atoms with Crippen LogP contribution in [0.4, 0.5) is 5.95 Å². The monoisotopic (exact) mass is 247 g/mol. The molecule has 0 aromatic carbocycles. The molecule has 0 spiro atoms. The Balaban J connectivity index is 2.10. The maximum Gasteiger partial charge on any atom is 0.338 e. The van der Waals surface area contributed by atoms with E-state index in [1.54, 1.807) is 12.5 Å². The van der Waals surface area contributed by atoms with Crippen LogP contribution in [0.25, 0.3) is 0 Å². The fraction of sp³-hybridized carbons (Fsp3) is 0.273. The molecule has 0 aliphatic carbocycles. The minimum Gasteiger partial charge on any atom is -0.478 e. The number of nitrogens with one attached hydrogen (secondary N) is 1. The van der Waals surface area contributed by atoms with Crippen LogP contribution in [0.2, 0.25) is 0 Å². The fourth-order valence-corrected chi connectivity index (χ4v) is 1.57. The van der Waals surface area contributed by atoms with Gasteiger partial charge in [0, 0.05) is 19.4 Å². The highest BCUT2D eigenvalue weighted by Crippen LogP contribution is 2.15. The number of imidazole rings is 1. The van der Waals surface area contributed by atoms with Gasteiger partial charge < -0.3 is 15.0 Å². The fourth-order valence-electron chi connectivity index (χ4n) is 1.57. The average molecular weight is 247 g/mol. The van der Waals surface area contributed by atoms with Gasteiger partial charge in [0.1, 0.15) is 0 Å². The summed E-state index contributed by atoms with van der Waals surface area (Å²) in [5.74, 6) is -0.657. The first-order valence-corrected chi connectivity index (χ1v) is 5.36. The minimum absolute atomic E-state index is 0.0202. The number of aromatic nitrogens is 4. The lowest BCUT2D eigenvalue weighted by molar-refractivity contribution is 0.0696. The second kappa shape index (κ2) is 4.82. The second-order valence-electron chi connectivity index (χ2n) is 3.90. The summed E-state index contributed by atoms with van der Waals surface area (Å²) in [6.45, 7) is 1.95. The zero-order chi connectivity index (χ0) is 13.1. The topological polar surface area (TPSA) is 92.9 Å². The van der Waals surface area contributed by atoms with Gasteiger partial charge in [0.2, 0.25) is 5.95 Å². The van der Waals surface area contributed by atoms with E-state index in [1.807, 2.05) is 18.5 Å². The van der Waals surface area contributed by atoms with Gasteiger partial charge in [0.15, 0.2) is 0 Å². The molecule has 0 bridgehead atoms. The molecule has 0 saturated carbocycles. The van der Waals surface area contributed by atoms with Crippen LogP contribution >= 0.6 is 0 Å². The smallest absolute Gasteiger partial charge is 0.338 e. The SMILES string of the molecule is CC(Nc1ncc(C(=O)O)cn1)c1cncn1C. The van der Waals surface area contributed by atoms with Crippen molar-refractivity contribution in [3.8, 4) is 0 Å². The molecule has 2 aromatic rings. The Morgan fingerprint density at radius 2 is 2.06 bits per heavy atom. The number of aryl methyl sites for hydroxylation is 1. The van der Waals surface area contributed by atoms with E-state index < -0.39 is 5.97 Å². The number of carbonyl (C=O) groups is 1. The van der Waals surface area contributed by atoms with Crippen molar-refractivity contribution < 1.29 is 9.90 Å². The zero-order valence-corrected chi connectivity index (χ0v) is 10.0. The van der Waals surface area contributed by atoms with Crippen LogP contribution in [0, 0.1) is 0 Å². The number of hydrogen-bond acceptors (Lipinski definition) is 5. The van der Waals surface area contributed by atoms with Crippen LogP contribution in [-0.2, 0) is 7.05 Å². The van der Waals surface area contributed by atoms with E-state index in [0.717, 1.165) is 5.69 Å². The van der Waals surface area contributed by atoms with Gasteiger partial charge in [0.25, 0.3) is 0 Å². The number of rotatable bonds is 4. The maximum absolute atomic E-state index is 10.7. The number of carboxylic acid groups (broad SMARTS) is 1. The molecule has 2 heterocycles. The van der Waals surface area contributed by atoms with Crippen molar-refractivity contribution in [3.05, 3.63) is 36.2 Å². The summed E-state index contributed by atoms with van der Waals surface area (Å²) >= 11 is 0. The van der Waals surface area contributed by atoms with E-state index in [-0.39, 0.29) is 11.6 Å². The van der Waals surface area contributed by atoms with E-state index in [9.17, 15) is 4.79 Å². The third kappa shape index (κ3) is 2.45. The molecule has 0 saturated heterocycles. The molecular formula is C11H13N5O2. The number of aromatic carboxylic acids is 1. The number of hydrogen-bond donors (Lipinski definition) is 2. The lowest BCUT2D eigenvalue weighted by Crippen LogP contribution is -2.12. The van der Waals surface area contributed by atoms with E-state index in [0.29, 0.717) is 5.95 Å². The van der Waals surface area contributed by atoms with E-state index >= 15 is 0 Å². The maximum atomic E-state index is 10.7. The lowest BCUT2D eigenvalue weighted by Gasteiger charge is -2.13. The summed E-state index contributed by atoms with van der Waals surface area (Å²) in [6, 6.07) is -0.0202. The van der Waals surface area contributed by atoms with Crippen LogP contribution in [0.3, 0.4) is 0 Å². The Labute approximate surface area is 104 Å². The van der Waals surface area contributed by atoms with E-state index in [1.165, 1.54) is 12.4 Å². The summed E-state index contributed by atoms with van der Waals surface area (Å²) < 4.78 is 1.89. The third-order valence-electron chi connectivity index (χ3n) is 2.54. The molecule has 94 valence electrons. The predicted molar refractivity (Wildman–Crippen MR) is 64.2 cm³/mol. The highest BCUT2D eigenvalue weighted by molar-refractivity contribution is 5.86. The Bertz CT molecular complexity index is 549. The van der Waals surface area contributed by atoms with Crippen molar-refractivity contribution in [1.82, 2.24) is 19.5 Å². The molecule has 7 nitrogen and oxygen atoms in total. The molecule has 2 rings (SSSR count). The molecule has 0 radical (unpaired) electrons. The third-order valence-corrected chi connectivity index (χ3v) is 2.54. The standard InChI is InChI=1S/C11H13N5O2/c1-7(9-5-12-6-16(9)2)15-11-13-3-8(4-14-11)10(17)18/h3-7H,1-2H3,(H,17,18)(H,13,14,15). The van der Waals surface area contributed by atoms with Crippen LogP contribution < -0.4 is 5.32 Å². The predicted octanol–water partition coefficient (Wildman–Crippen LogP) is 1.08. The van der Waals surface area contributed by atoms with Crippen LogP contribution in [0.1, 0.15) is 29.0 Å². The normalized spacial score (nSPS) is 12.1. The first-order valence-electron chi connectivity index (χ1n) is 5.36. The van der Waals surface area contributed by atoms with Crippen LogP contribution in [0.15, 0.2) is 24.9 Å². The first-order chi connectivity index (χ1) is 8.58. The van der Waals surface area contributed by atoms with Crippen molar-refractivity contribution in [2.45, 2.75) is 13.0 Å². The lowest BCUT2D eigenvalue weighted by atomic mass is 10.2. The molecule has 7 heteroatoms. The molecule has 1 unspecified atom stereocenters. The molecule has 0 amide bonds. The average Bonchev–Trinajstić information content (AvgIpc) is 2.76. The van der Waals surface area contributed by atoms with Crippen molar-refractivity contribution in [1.29, 1.82) is 0 Å². The van der Waals surface area contributed by atoms with Gasteiger partial charge in [-0.25, -0.2) is 19.7 Å². The molecule has 1 atom stereocenters. The van der Waals surface area contributed by atoms with Gasteiger partial charge in [-0.3, -0.25) is 0 Å². The Hall–Kier alpha value is -2.44. The number of nitrogens with zero attached hydrogens (tertiary/aromatic N) is 4. The van der Waals surface area contributed by atoms with Crippen molar-refractivity contribution >= 4 is 11.9 Å². The van der Waals surface area contributed by atoms with Gasteiger partial charge in [-0.15, -0.1) is 0 Å². The highest BCUT2D eigenvalue weighted by atomic mass is 16.4. The summed E-state index contributed by atoms with van der Waals surface area (Å²) in [7, 11) is 1.90. The molecule has 18 heavy (non-hydrogen) atoms. The van der Waals surface area contributed by atoms with Gasteiger partial charge in [-0.05, 0) is 6.92 Å². The minimum atomic E-state index is -1.04. The van der Waals surface area contributed by atoms with Crippen molar-refractivity contribution in [2.24, 2.45) is 7.05 Å². The van der Waals surface area contributed by atoms with Gasteiger partial charge in [-0.2, -0.15) is 0 Å². The Morgan fingerprint density at radius 3 is 2.56 bits per heavy atom. The quantitative estimate of drug-likeness (QED) is 0.839. The summed E-state index contributed by atoms with van der Waals surface area (Å²) in [6.07, 6.45) is 6.01. The highest BCUT2D eigenvalue weighted by Gasteiger charge is 2.11. The molecular weight excluding hydrogens is 234 g/mol. The molecule has 0 fully saturated rings. The number of carboxylic acids is 1. The summed E-state index contributed by atoms with van der Waals surface area (Å²) in [5, 5.41) is 11.8. The Morgan fingerprint density at radius 1 is 1.39 bits per heavy atom. The number of anilines is 1. The molecule has 2 aromatic heterocycles. The zero-order valence-electron chi connectivity index (χ0n) is 10.0. The van der Waals surface area contributed by atoms with Crippen LogP contribution in [-0.4, -0.2) is 30.6 Å². The van der Waals surface area contributed by atoms with Gasteiger partial charge >= 0.3 is 5.97 Å². The van der Waals surface area contributed by atoms with Crippen molar-refractivity contribution in [3.63, 3.8) is 0 Å². The largest absolute Gasteiger partial charge is 0.478 e. The first kappa shape index (κ1) is 12.0. The second-order valence-corrected chi connectivity index (χ2v) is 3.90. The van der Waals surface area contributed by atoms with Gasteiger partial charge in [0.05, 0.1) is 29.8 Å². The molecule has 0 aliphatic heterocycles. The molecule has 0 aliphatic rings. The van der Waals surface area contributed by atoms with E-state index in [4.69, 9.17) is 5.11 Å². The summed E-state index contributed by atoms with van der Waals surface area (Å²) in [5.41, 5.74) is 1.05. The molecule has 2 N–H and O–H groups in total.